The highest BCUT2D eigenvalue weighted by Crippen LogP contribution is 2.31. The highest BCUT2D eigenvalue weighted by molar-refractivity contribution is 7.89. The van der Waals surface area contributed by atoms with Gasteiger partial charge < -0.3 is 9.47 Å². The molecule has 1 atom stereocenters. The van der Waals surface area contributed by atoms with Crippen LogP contribution < -0.4 is 4.74 Å². The Morgan fingerprint density at radius 1 is 1.29 bits per heavy atom. The molecule has 1 saturated carbocycles. The fourth-order valence-electron chi connectivity index (χ4n) is 2.52. The van der Waals surface area contributed by atoms with E-state index in [4.69, 9.17) is 9.47 Å². The van der Waals surface area contributed by atoms with Gasteiger partial charge in [-0.15, -0.1) is 0 Å². The third kappa shape index (κ3) is 3.39. The number of rotatable bonds is 6. The van der Waals surface area contributed by atoms with E-state index >= 15 is 0 Å². The maximum Gasteiger partial charge on any atom is 0.243 e. The third-order valence-electron chi connectivity index (χ3n) is 4.05. The van der Waals surface area contributed by atoms with Crippen LogP contribution in [0, 0.1) is 5.92 Å². The summed E-state index contributed by atoms with van der Waals surface area (Å²) in [6.07, 6.45) is 3.30. The molecule has 1 saturated heterocycles. The molecule has 1 aromatic carbocycles. The van der Waals surface area contributed by atoms with Gasteiger partial charge in [0, 0.05) is 25.8 Å². The molecule has 0 spiro atoms. The normalized spacial score (nSPS) is 23.4. The van der Waals surface area contributed by atoms with Crippen molar-refractivity contribution in [2.24, 2.45) is 5.92 Å². The Bertz CT molecular complexity index is 597. The maximum atomic E-state index is 12.6. The van der Waals surface area contributed by atoms with Crippen molar-refractivity contribution >= 4 is 10.0 Å². The first-order chi connectivity index (χ1) is 10.1. The van der Waals surface area contributed by atoms with Gasteiger partial charge in [0.25, 0.3) is 0 Å². The van der Waals surface area contributed by atoms with Gasteiger partial charge >= 0.3 is 0 Å². The fourth-order valence-corrected chi connectivity index (χ4v) is 4.04. The average Bonchev–Trinajstić information content (AvgIpc) is 3.21. The molecule has 21 heavy (non-hydrogen) atoms. The number of hydrogen-bond donors (Lipinski definition) is 0. The highest BCUT2D eigenvalue weighted by atomic mass is 32.2. The molecule has 6 heteroatoms. The molecule has 0 bridgehead atoms. The van der Waals surface area contributed by atoms with Gasteiger partial charge in [-0.25, -0.2) is 8.42 Å². The zero-order valence-electron chi connectivity index (χ0n) is 12.2. The van der Waals surface area contributed by atoms with Gasteiger partial charge in [-0.1, -0.05) is 6.07 Å². The van der Waals surface area contributed by atoms with Crippen molar-refractivity contribution in [3.05, 3.63) is 24.3 Å². The number of sulfonamides is 1. The molecule has 1 unspecified atom stereocenters. The van der Waals surface area contributed by atoms with Crippen molar-refractivity contribution in [1.82, 2.24) is 4.31 Å². The monoisotopic (exact) mass is 311 g/mol. The molecule has 1 aromatic rings. The summed E-state index contributed by atoms with van der Waals surface area (Å²) in [7, 11) is -1.92. The molecule has 0 N–H and O–H groups in total. The van der Waals surface area contributed by atoms with Gasteiger partial charge in [0.05, 0.1) is 18.1 Å². The van der Waals surface area contributed by atoms with E-state index in [-0.39, 0.29) is 11.0 Å². The van der Waals surface area contributed by atoms with Gasteiger partial charge in [0.1, 0.15) is 5.75 Å². The van der Waals surface area contributed by atoms with Crippen molar-refractivity contribution < 1.29 is 17.9 Å². The lowest BCUT2D eigenvalue weighted by molar-refractivity contribution is 0.0561. The average molecular weight is 311 g/mol. The standard InChI is InChI=1S/C15H21NO4S/c1-19-13-3-2-4-15(9-13)21(17,18)16-8-7-14(10-16)20-11-12-5-6-12/h2-4,9,12,14H,5-8,10-11H2,1H3. The van der Waals surface area contributed by atoms with E-state index in [9.17, 15) is 8.42 Å². The van der Waals surface area contributed by atoms with E-state index in [2.05, 4.69) is 0 Å². The Morgan fingerprint density at radius 3 is 2.81 bits per heavy atom. The molecular weight excluding hydrogens is 290 g/mol. The second kappa shape index (κ2) is 5.94. The van der Waals surface area contributed by atoms with Gasteiger partial charge in [-0.2, -0.15) is 4.31 Å². The molecule has 1 aliphatic heterocycles. The summed E-state index contributed by atoms with van der Waals surface area (Å²) >= 11 is 0. The Hall–Kier alpha value is -1.11. The number of methoxy groups -OCH3 is 1. The summed E-state index contributed by atoms with van der Waals surface area (Å²) in [5, 5.41) is 0. The summed E-state index contributed by atoms with van der Waals surface area (Å²) in [6.45, 7) is 1.75. The summed E-state index contributed by atoms with van der Waals surface area (Å²) in [5.74, 6) is 1.26. The van der Waals surface area contributed by atoms with Crippen LogP contribution in [0.2, 0.25) is 0 Å². The molecule has 2 fully saturated rings. The Morgan fingerprint density at radius 2 is 2.10 bits per heavy atom. The SMILES string of the molecule is COc1cccc(S(=O)(=O)N2CCC(OCC3CC3)C2)c1. The first-order valence-electron chi connectivity index (χ1n) is 7.35. The lowest BCUT2D eigenvalue weighted by Crippen LogP contribution is -2.30. The number of ether oxygens (including phenoxy) is 2. The van der Waals surface area contributed by atoms with E-state index in [1.807, 2.05) is 0 Å². The van der Waals surface area contributed by atoms with Crippen LogP contribution in [0.1, 0.15) is 19.3 Å². The number of hydrogen-bond acceptors (Lipinski definition) is 4. The summed E-state index contributed by atoms with van der Waals surface area (Å²) in [6, 6.07) is 6.61. The molecule has 5 nitrogen and oxygen atoms in total. The lowest BCUT2D eigenvalue weighted by atomic mass is 10.3. The predicted octanol–water partition coefficient (Wildman–Crippen LogP) is 1.88. The van der Waals surface area contributed by atoms with Crippen LogP contribution >= 0.6 is 0 Å². The topological polar surface area (TPSA) is 55.8 Å². The quantitative estimate of drug-likeness (QED) is 0.805. The molecule has 3 rings (SSSR count). The molecule has 2 aliphatic rings. The molecule has 0 amide bonds. The van der Waals surface area contributed by atoms with Crippen LogP contribution in [0.15, 0.2) is 29.2 Å². The Balaban J connectivity index is 1.66. The zero-order valence-corrected chi connectivity index (χ0v) is 13.0. The van der Waals surface area contributed by atoms with E-state index < -0.39 is 10.0 Å². The molecular formula is C15H21NO4S. The molecule has 1 aliphatic carbocycles. The van der Waals surface area contributed by atoms with Crippen LogP contribution in [0.4, 0.5) is 0 Å². The van der Waals surface area contributed by atoms with E-state index in [0.29, 0.717) is 24.8 Å². The Kier molecular flexibility index (Phi) is 4.19. The van der Waals surface area contributed by atoms with Gasteiger partial charge in [-0.3, -0.25) is 0 Å². The van der Waals surface area contributed by atoms with Crippen molar-refractivity contribution in [1.29, 1.82) is 0 Å². The van der Waals surface area contributed by atoms with Crippen LogP contribution in [-0.4, -0.2) is 45.6 Å². The zero-order chi connectivity index (χ0) is 14.9. The van der Waals surface area contributed by atoms with E-state index in [1.54, 1.807) is 24.3 Å². The van der Waals surface area contributed by atoms with Gasteiger partial charge in [-0.05, 0) is 37.3 Å². The summed E-state index contributed by atoms with van der Waals surface area (Å²) in [4.78, 5) is 0.282. The van der Waals surface area contributed by atoms with Crippen LogP contribution in [-0.2, 0) is 14.8 Å². The van der Waals surface area contributed by atoms with Crippen molar-refractivity contribution in [2.45, 2.75) is 30.3 Å². The lowest BCUT2D eigenvalue weighted by Gasteiger charge is -2.17. The van der Waals surface area contributed by atoms with Crippen LogP contribution in [0.5, 0.6) is 5.75 Å². The van der Waals surface area contributed by atoms with Crippen molar-refractivity contribution in [2.75, 3.05) is 26.8 Å². The molecule has 0 aromatic heterocycles. The number of nitrogens with zero attached hydrogens (tertiary/aromatic N) is 1. The molecule has 116 valence electrons. The second-order valence-electron chi connectivity index (χ2n) is 5.73. The molecule has 1 heterocycles. The van der Waals surface area contributed by atoms with Gasteiger partial charge in [0.15, 0.2) is 0 Å². The van der Waals surface area contributed by atoms with Crippen molar-refractivity contribution in [3.8, 4) is 5.75 Å². The van der Waals surface area contributed by atoms with Crippen molar-refractivity contribution in [3.63, 3.8) is 0 Å². The van der Waals surface area contributed by atoms with E-state index in [0.717, 1.165) is 13.0 Å². The highest BCUT2D eigenvalue weighted by Gasteiger charge is 2.34. The number of benzene rings is 1. The Labute approximate surface area is 125 Å². The smallest absolute Gasteiger partial charge is 0.243 e. The van der Waals surface area contributed by atoms with Gasteiger partial charge in [0.2, 0.25) is 10.0 Å². The maximum absolute atomic E-state index is 12.6. The summed E-state index contributed by atoms with van der Waals surface area (Å²) in [5.41, 5.74) is 0. The minimum Gasteiger partial charge on any atom is -0.497 e. The fraction of sp³-hybridized carbons (Fsp3) is 0.600. The molecule has 0 radical (unpaired) electrons. The second-order valence-corrected chi connectivity index (χ2v) is 7.67. The van der Waals surface area contributed by atoms with Crippen LogP contribution in [0.3, 0.4) is 0 Å². The first kappa shape index (κ1) is 14.8. The first-order valence-corrected chi connectivity index (χ1v) is 8.79. The minimum absolute atomic E-state index is 0.0333. The van der Waals surface area contributed by atoms with E-state index in [1.165, 1.54) is 24.3 Å². The third-order valence-corrected chi connectivity index (χ3v) is 5.91. The van der Waals surface area contributed by atoms with Crippen LogP contribution in [0.25, 0.3) is 0 Å². The summed E-state index contributed by atoms with van der Waals surface area (Å²) < 4.78 is 37.6. The largest absolute Gasteiger partial charge is 0.497 e. The predicted molar refractivity (Wildman–Crippen MR) is 78.8 cm³/mol. The minimum atomic E-state index is -3.45.